The van der Waals surface area contributed by atoms with E-state index in [1.165, 1.54) is 0 Å². The second-order valence-corrected chi connectivity index (χ2v) is 3.83. The number of likely N-dealkylation sites (N-methyl/N-ethyl adjacent to an activating group) is 1. The van der Waals surface area contributed by atoms with E-state index in [0.717, 1.165) is 18.8 Å². The van der Waals surface area contributed by atoms with Gasteiger partial charge in [-0.3, -0.25) is 9.88 Å². The van der Waals surface area contributed by atoms with Crippen molar-refractivity contribution >= 4 is 0 Å². The van der Waals surface area contributed by atoms with Crippen molar-refractivity contribution in [3.8, 4) is 0 Å². The molecule has 0 saturated heterocycles. The number of nitrogens with two attached hydrogens (primary N) is 1. The van der Waals surface area contributed by atoms with Gasteiger partial charge in [-0.05, 0) is 26.1 Å². The molecule has 4 nitrogen and oxygen atoms in total. The molecule has 0 radical (unpaired) electrons. The van der Waals surface area contributed by atoms with Crippen molar-refractivity contribution in [2.75, 3.05) is 26.7 Å². The summed E-state index contributed by atoms with van der Waals surface area (Å²) in [5, 5.41) is 0. The zero-order valence-corrected chi connectivity index (χ0v) is 10.1. The van der Waals surface area contributed by atoms with E-state index in [9.17, 15) is 0 Å². The van der Waals surface area contributed by atoms with Gasteiger partial charge in [0.25, 0.3) is 0 Å². The average Bonchev–Trinajstić information content (AvgIpc) is 2.29. The smallest absolute Gasteiger partial charge is 0.0823 e. The van der Waals surface area contributed by atoms with Crippen LogP contribution < -0.4 is 5.73 Å². The SMILES string of the molecule is CCOC(CN)CN(C)Cc1ccccn1. The topological polar surface area (TPSA) is 51.4 Å². The lowest BCUT2D eigenvalue weighted by Gasteiger charge is -2.22. The predicted octanol–water partition coefficient (Wildman–Crippen LogP) is 0.877. The molecule has 0 fully saturated rings. The molecule has 0 saturated carbocycles. The Balaban J connectivity index is 2.37. The molecule has 1 rings (SSSR count). The van der Waals surface area contributed by atoms with Gasteiger partial charge in [0.05, 0.1) is 11.8 Å². The van der Waals surface area contributed by atoms with Crippen molar-refractivity contribution in [3.05, 3.63) is 30.1 Å². The van der Waals surface area contributed by atoms with E-state index >= 15 is 0 Å². The van der Waals surface area contributed by atoms with E-state index in [4.69, 9.17) is 10.5 Å². The lowest BCUT2D eigenvalue weighted by molar-refractivity contribution is 0.0435. The van der Waals surface area contributed by atoms with Gasteiger partial charge in [0.2, 0.25) is 0 Å². The molecule has 0 amide bonds. The van der Waals surface area contributed by atoms with E-state index in [1.807, 2.05) is 31.3 Å². The first-order chi connectivity index (χ1) is 7.76. The first kappa shape index (κ1) is 13.1. The Labute approximate surface area is 97.4 Å². The maximum absolute atomic E-state index is 5.63. The minimum absolute atomic E-state index is 0.110. The van der Waals surface area contributed by atoms with Gasteiger partial charge in [0.15, 0.2) is 0 Å². The van der Waals surface area contributed by atoms with E-state index < -0.39 is 0 Å². The summed E-state index contributed by atoms with van der Waals surface area (Å²) in [4.78, 5) is 6.46. The lowest BCUT2D eigenvalue weighted by atomic mass is 10.3. The Hall–Kier alpha value is -0.970. The molecule has 1 aromatic heterocycles. The summed E-state index contributed by atoms with van der Waals surface area (Å²) in [7, 11) is 2.05. The minimum atomic E-state index is 0.110. The minimum Gasteiger partial charge on any atom is -0.376 e. The maximum atomic E-state index is 5.63. The Morgan fingerprint density at radius 3 is 2.88 bits per heavy atom. The fourth-order valence-corrected chi connectivity index (χ4v) is 1.61. The second kappa shape index (κ2) is 7.33. The first-order valence-corrected chi connectivity index (χ1v) is 5.66. The zero-order chi connectivity index (χ0) is 11.8. The Morgan fingerprint density at radius 1 is 1.50 bits per heavy atom. The summed E-state index contributed by atoms with van der Waals surface area (Å²) in [6, 6.07) is 5.94. The van der Waals surface area contributed by atoms with Crippen LogP contribution in [0.3, 0.4) is 0 Å². The van der Waals surface area contributed by atoms with Crippen LogP contribution in [0.1, 0.15) is 12.6 Å². The van der Waals surface area contributed by atoms with E-state index in [-0.39, 0.29) is 6.10 Å². The molecule has 0 bridgehead atoms. The number of rotatable bonds is 7. The van der Waals surface area contributed by atoms with Crippen molar-refractivity contribution in [1.82, 2.24) is 9.88 Å². The third-order valence-electron chi connectivity index (χ3n) is 2.34. The normalized spacial score (nSPS) is 13.0. The van der Waals surface area contributed by atoms with Gasteiger partial charge in [-0.15, -0.1) is 0 Å². The van der Waals surface area contributed by atoms with Crippen LogP contribution in [0, 0.1) is 0 Å². The van der Waals surface area contributed by atoms with Gasteiger partial charge in [-0.25, -0.2) is 0 Å². The molecule has 2 N–H and O–H groups in total. The Bertz CT molecular complexity index is 279. The Kier molecular flexibility index (Phi) is 6.00. The molecule has 0 aromatic carbocycles. The van der Waals surface area contributed by atoms with E-state index in [2.05, 4.69) is 16.9 Å². The summed E-state index contributed by atoms with van der Waals surface area (Å²) in [5.41, 5.74) is 6.70. The van der Waals surface area contributed by atoms with E-state index in [1.54, 1.807) is 0 Å². The second-order valence-electron chi connectivity index (χ2n) is 3.83. The summed E-state index contributed by atoms with van der Waals surface area (Å²) in [6.07, 6.45) is 1.92. The molecule has 1 aromatic rings. The number of aromatic nitrogens is 1. The van der Waals surface area contributed by atoms with Gasteiger partial charge in [0.1, 0.15) is 0 Å². The zero-order valence-electron chi connectivity index (χ0n) is 10.1. The lowest BCUT2D eigenvalue weighted by Crippen LogP contribution is -2.36. The molecular formula is C12H21N3O. The van der Waals surface area contributed by atoms with Crippen LogP contribution in [0.15, 0.2) is 24.4 Å². The molecule has 0 aliphatic carbocycles. The summed E-state index contributed by atoms with van der Waals surface area (Å²) < 4.78 is 5.51. The quantitative estimate of drug-likeness (QED) is 0.745. The number of hydrogen-bond acceptors (Lipinski definition) is 4. The first-order valence-electron chi connectivity index (χ1n) is 5.66. The number of ether oxygens (including phenoxy) is 1. The molecule has 16 heavy (non-hydrogen) atoms. The van der Waals surface area contributed by atoms with Gasteiger partial charge in [-0.1, -0.05) is 6.07 Å². The number of pyridine rings is 1. The molecule has 0 spiro atoms. The largest absolute Gasteiger partial charge is 0.376 e. The van der Waals surface area contributed by atoms with Crippen molar-refractivity contribution in [1.29, 1.82) is 0 Å². The van der Waals surface area contributed by atoms with Gasteiger partial charge < -0.3 is 10.5 Å². The van der Waals surface area contributed by atoms with Gasteiger partial charge in [-0.2, -0.15) is 0 Å². The van der Waals surface area contributed by atoms with Crippen LogP contribution in [-0.4, -0.2) is 42.7 Å². The van der Waals surface area contributed by atoms with Crippen molar-refractivity contribution < 1.29 is 4.74 Å². The van der Waals surface area contributed by atoms with Crippen LogP contribution >= 0.6 is 0 Å². The molecule has 1 unspecified atom stereocenters. The summed E-state index contributed by atoms with van der Waals surface area (Å²) in [5.74, 6) is 0. The molecule has 0 aliphatic rings. The van der Waals surface area contributed by atoms with Crippen LogP contribution in [0.4, 0.5) is 0 Å². The van der Waals surface area contributed by atoms with E-state index in [0.29, 0.717) is 13.2 Å². The van der Waals surface area contributed by atoms with Crippen molar-refractivity contribution in [2.24, 2.45) is 5.73 Å². The molecule has 4 heteroatoms. The fraction of sp³-hybridized carbons (Fsp3) is 0.583. The summed E-state index contributed by atoms with van der Waals surface area (Å²) in [6.45, 7) is 4.91. The average molecular weight is 223 g/mol. The molecule has 1 atom stereocenters. The highest BCUT2D eigenvalue weighted by molar-refractivity contribution is 5.03. The van der Waals surface area contributed by atoms with Crippen LogP contribution in [-0.2, 0) is 11.3 Å². The van der Waals surface area contributed by atoms with Crippen molar-refractivity contribution in [2.45, 2.75) is 19.6 Å². The monoisotopic (exact) mass is 223 g/mol. The number of nitrogens with zero attached hydrogens (tertiary/aromatic N) is 2. The van der Waals surface area contributed by atoms with Crippen LogP contribution in [0.2, 0.25) is 0 Å². The standard InChI is InChI=1S/C12H21N3O/c1-3-16-12(8-13)10-15(2)9-11-6-4-5-7-14-11/h4-7,12H,3,8-10,13H2,1-2H3. The summed E-state index contributed by atoms with van der Waals surface area (Å²) >= 11 is 0. The molecule has 90 valence electrons. The third-order valence-corrected chi connectivity index (χ3v) is 2.34. The van der Waals surface area contributed by atoms with Gasteiger partial charge >= 0.3 is 0 Å². The highest BCUT2D eigenvalue weighted by atomic mass is 16.5. The predicted molar refractivity (Wildman–Crippen MR) is 65.0 cm³/mol. The van der Waals surface area contributed by atoms with Crippen LogP contribution in [0.5, 0.6) is 0 Å². The van der Waals surface area contributed by atoms with Crippen molar-refractivity contribution in [3.63, 3.8) is 0 Å². The van der Waals surface area contributed by atoms with Gasteiger partial charge in [0, 0.05) is 32.4 Å². The fourth-order valence-electron chi connectivity index (χ4n) is 1.61. The third kappa shape index (κ3) is 4.70. The number of hydrogen-bond donors (Lipinski definition) is 1. The highest BCUT2D eigenvalue weighted by Crippen LogP contribution is 2.01. The maximum Gasteiger partial charge on any atom is 0.0823 e. The molecule has 1 heterocycles. The Morgan fingerprint density at radius 2 is 2.31 bits per heavy atom. The van der Waals surface area contributed by atoms with Crippen LogP contribution in [0.25, 0.3) is 0 Å². The highest BCUT2D eigenvalue weighted by Gasteiger charge is 2.10. The molecular weight excluding hydrogens is 202 g/mol. The molecule has 0 aliphatic heterocycles.